The van der Waals surface area contributed by atoms with Gasteiger partial charge in [0.1, 0.15) is 0 Å². The normalized spacial score (nSPS) is 17.1. The number of amides is 1. The molecule has 2 N–H and O–H groups in total. The largest absolute Gasteiger partial charge is 0.434 e. The van der Waals surface area contributed by atoms with Crippen LogP contribution in [0.25, 0.3) is 5.82 Å². The first-order valence-electron chi connectivity index (χ1n) is 7.60. The highest BCUT2D eigenvalue weighted by molar-refractivity contribution is 6.32. The van der Waals surface area contributed by atoms with Crippen molar-refractivity contribution in [2.45, 2.75) is 25.1 Å². The minimum Gasteiger partial charge on any atom is -0.337 e. The highest BCUT2D eigenvalue weighted by Gasteiger charge is 2.42. The van der Waals surface area contributed by atoms with Crippen LogP contribution in [0.5, 0.6) is 0 Å². The zero-order chi connectivity index (χ0) is 18.2. The number of nitrogens with two attached hydrogens (primary N) is 1. The number of hydrogen-bond donors (Lipinski definition) is 1. The molecule has 0 radical (unpaired) electrons. The number of alkyl halides is 3. The van der Waals surface area contributed by atoms with Gasteiger partial charge in [-0.3, -0.25) is 4.79 Å². The predicted molar refractivity (Wildman–Crippen MR) is 99.0 cm³/mol. The Morgan fingerprint density at radius 1 is 1.33 bits per heavy atom. The standard InChI is InChI=1S/C15H15ClF3N5O.2ClH/c16-11-4-1-5-21-13(11)24-12(15(17,18)19)10(7-22-24)14(25)23-6-2-3-9(20)8-23;;/h1,4-5,7,9H,2-3,6,8,20H2;2*1H. The van der Waals surface area contributed by atoms with Gasteiger partial charge in [0.05, 0.1) is 16.8 Å². The van der Waals surface area contributed by atoms with E-state index in [1.54, 1.807) is 0 Å². The van der Waals surface area contributed by atoms with Crippen molar-refractivity contribution in [3.05, 3.63) is 40.8 Å². The lowest BCUT2D eigenvalue weighted by Gasteiger charge is -2.30. The average Bonchev–Trinajstić information content (AvgIpc) is 2.99. The third kappa shape index (κ3) is 4.84. The van der Waals surface area contributed by atoms with Crippen molar-refractivity contribution < 1.29 is 18.0 Å². The number of pyridine rings is 1. The summed E-state index contributed by atoms with van der Waals surface area (Å²) in [7, 11) is 0. The minimum absolute atomic E-state index is 0. The Hall–Kier alpha value is -1.55. The van der Waals surface area contributed by atoms with Crippen molar-refractivity contribution in [1.29, 1.82) is 0 Å². The molecule has 1 aliphatic heterocycles. The predicted octanol–water partition coefficient (Wildman–Crippen LogP) is 3.35. The van der Waals surface area contributed by atoms with E-state index >= 15 is 0 Å². The lowest BCUT2D eigenvalue weighted by Crippen LogP contribution is -2.46. The number of piperidine rings is 1. The zero-order valence-corrected chi connectivity index (χ0v) is 16.2. The second-order valence-corrected chi connectivity index (χ2v) is 6.19. The first kappa shape index (κ1) is 23.5. The van der Waals surface area contributed by atoms with Crippen LogP contribution in [0.15, 0.2) is 24.5 Å². The van der Waals surface area contributed by atoms with Crippen molar-refractivity contribution >= 4 is 42.3 Å². The van der Waals surface area contributed by atoms with Crippen LogP contribution in [0.2, 0.25) is 5.02 Å². The van der Waals surface area contributed by atoms with E-state index in [2.05, 4.69) is 10.1 Å². The number of halogens is 6. The van der Waals surface area contributed by atoms with Gasteiger partial charge in [-0.25, -0.2) is 9.67 Å². The molecule has 0 spiro atoms. The quantitative estimate of drug-likeness (QED) is 0.767. The molecule has 1 atom stereocenters. The fourth-order valence-electron chi connectivity index (χ4n) is 2.84. The summed E-state index contributed by atoms with van der Waals surface area (Å²) in [4.78, 5) is 17.8. The molecule has 1 aliphatic rings. The van der Waals surface area contributed by atoms with Crippen molar-refractivity contribution in [3.63, 3.8) is 0 Å². The summed E-state index contributed by atoms with van der Waals surface area (Å²) < 4.78 is 41.5. The molecule has 1 amide bonds. The van der Waals surface area contributed by atoms with Gasteiger partial charge in [0.25, 0.3) is 5.91 Å². The summed E-state index contributed by atoms with van der Waals surface area (Å²) >= 11 is 5.93. The molecular weight excluding hydrogens is 430 g/mol. The first-order chi connectivity index (χ1) is 11.8. The molecule has 6 nitrogen and oxygen atoms in total. The van der Waals surface area contributed by atoms with Gasteiger partial charge in [-0.1, -0.05) is 11.6 Å². The highest BCUT2D eigenvalue weighted by atomic mass is 35.5. The van der Waals surface area contributed by atoms with E-state index in [1.165, 1.54) is 23.2 Å². The Balaban J connectivity index is 0.00000182. The summed E-state index contributed by atoms with van der Waals surface area (Å²) in [5.41, 5.74) is 4.08. The van der Waals surface area contributed by atoms with Gasteiger partial charge in [0.15, 0.2) is 11.5 Å². The van der Waals surface area contributed by atoms with Gasteiger partial charge in [-0.2, -0.15) is 18.3 Å². The molecule has 1 fully saturated rings. The second kappa shape index (κ2) is 9.09. The Bertz CT molecular complexity index is 799. The van der Waals surface area contributed by atoms with Gasteiger partial charge >= 0.3 is 6.18 Å². The fraction of sp³-hybridized carbons (Fsp3) is 0.400. The van der Waals surface area contributed by atoms with Crippen molar-refractivity contribution in [1.82, 2.24) is 19.7 Å². The van der Waals surface area contributed by atoms with Gasteiger partial charge in [0, 0.05) is 25.3 Å². The van der Waals surface area contributed by atoms with Crippen molar-refractivity contribution in [2.75, 3.05) is 13.1 Å². The van der Waals surface area contributed by atoms with Crippen molar-refractivity contribution in [2.24, 2.45) is 5.73 Å². The number of rotatable bonds is 2. The maximum Gasteiger partial charge on any atom is 0.434 e. The van der Waals surface area contributed by atoms with E-state index < -0.39 is 23.3 Å². The van der Waals surface area contributed by atoms with Gasteiger partial charge in [-0.15, -0.1) is 24.8 Å². The zero-order valence-electron chi connectivity index (χ0n) is 13.8. The summed E-state index contributed by atoms with van der Waals surface area (Å²) in [6.07, 6.45) is -1.22. The smallest absolute Gasteiger partial charge is 0.337 e. The van der Waals surface area contributed by atoms with Crippen LogP contribution in [0, 0.1) is 0 Å². The summed E-state index contributed by atoms with van der Waals surface area (Å²) in [5, 5.41) is 3.72. The minimum atomic E-state index is -4.81. The van der Waals surface area contributed by atoms with Crippen molar-refractivity contribution in [3.8, 4) is 5.82 Å². The van der Waals surface area contributed by atoms with Crippen LogP contribution >= 0.6 is 36.4 Å². The molecule has 2 aromatic heterocycles. The van der Waals surface area contributed by atoms with Gasteiger partial charge in [-0.05, 0) is 25.0 Å². The van der Waals surface area contributed by atoms with E-state index in [1.807, 2.05) is 0 Å². The number of carbonyl (C=O) groups excluding carboxylic acids is 1. The van der Waals surface area contributed by atoms with Crippen LogP contribution < -0.4 is 5.73 Å². The average molecular weight is 447 g/mol. The van der Waals surface area contributed by atoms with E-state index in [0.29, 0.717) is 17.6 Å². The third-order valence-electron chi connectivity index (χ3n) is 3.95. The van der Waals surface area contributed by atoms with Gasteiger partial charge < -0.3 is 10.6 Å². The fourth-order valence-corrected chi connectivity index (χ4v) is 3.04. The number of nitrogens with zero attached hydrogens (tertiary/aromatic N) is 4. The van der Waals surface area contributed by atoms with E-state index in [9.17, 15) is 18.0 Å². The lowest BCUT2D eigenvalue weighted by molar-refractivity contribution is -0.143. The van der Waals surface area contributed by atoms with E-state index in [4.69, 9.17) is 17.3 Å². The number of carbonyl (C=O) groups is 1. The molecular formula is C15H17Cl3F3N5O. The molecule has 0 bridgehead atoms. The first-order valence-corrected chi connectivity index (χ1v) is 7.98. The topological polar surface area (TPSA) is 77.0 Å². The third-order valence-corrected chi connectivity index (χ3v) is 4.25. The molecule has 12 heteroatoms. The molecule has 2 aromatic rings. The van der Waals surface area contributed by atoms with Crippen LogP contribution in [0.3, 0.4) is 0 Å². The lowest BCUT2D eigenvalue weighted by atomic mass is 10.1. The van der Waals surface area contributed by atoms with Crippen LogP contribution in [-0.4, -0.2) is 44.7 Å². The SMILES string of the molecule is Cl.Cl.NC1CCCN(C(=O)c2cnn(-c3ncccc3Cl)c2C(F)(F)F)C1. The second-order valence-electron chi connectivity index (χ2n) is 5.78. The molecule has 27 heavy (non-hydrogen) atoms. The molecule has 3 heterocycles. The highest BCUT2D eigenvalue weighted by Crippen LogP contribution is 2.35. The molecule has 0 aliphatic carbocycles. The van der Waals surface area contributed by atoms with Crippen LogP contribution in [0.1, 0.15) is 28.9 Å². The van der Waals surface area contributed by atoms with Gasteiger partial charge in [0.2, 0.25) is 0 Å². The van der Waals surface area contributed by atoms with Crippen LogP contribution in [-0.2, 0) is 6.18 Å². The molecule has 1 unspecified atom stereocenters. The summed E-state index contributed by atoms with van der Waals surface area (Å²) in [6.45, 7) is 0.574. The molecule has 0 aromatic carbocycles. The molecule has 150 valence electrons. The Kier molecular flexibility index (Phi) is 7.91. The number of likely N-dealkylation sites (tertiary alicyclic amines) is 1. The Morgan fingerprint density at radius 3 is 2.63 bits per heavy atom. The number of aromatic nitrogens is 3. The maximum atomic E-state index is 13.6. The maximum absolute atomic E-state index is 13.6. The monoisotopic (exact) mass is 445 g/mol. The Morgan fingerprint density at radius 2 is 2.04 bits per heavy atom. The molecule has 0 saturated carbocycles. The number of hydrogen-bond acceptors (Lipinski definition) is 4. The molecule has 1 saturated heterocycles. The summed E-state index contributed by atoms with van der Waals surface area (Å²) in [5.74, 6) is -0.938. The summed E-state index contributed by atoms with van der Waals surface area (Å²) in [6, 6.07) is 2.65. The van der Waals surface area contributed by atoms with E-state index in [-0.39, 0.29) is 48.2 Å². The molecule has 3 rings (SSSR count). The van der Waals surface area contributed by atoms with Crippen LogP contribution in [0.4, 0.5) is 13.2 Å². The van der Waals surface area contributed by atoms with E-state index in [0.717, 1.165) is 12.6 Å². The Labute approximate surface area is 170 Å².